The largest absolute Gasteiger partial charge is 0.229 e. The maximum absolute atomic E-state index is 10.9. The molecule has 10 heavy (non-hydrogen) atoms. The molecule has 1 heterocycles. The first-order valence-electron chi connectivity index (χ1n) is 3.28. The number of hydrogen-bond acceptors (Lipinski definition) is 3. The van der Waals surface area contributed by atoms with Gasteiger partial charge in [0, 0.05) is 0 Å². The maximum atomic E-state index is 10.9. The smallest absolute Gasteiger partial charge is 0.150 e. The second kappa shape index (κ2) is 2.96. The Hall–Kier alpha value is 0.0400. The molecule has 0 aliphatic carbocycles. The van der Waals surface area contributed by atoms with E-state index in [1.807, 2.05) is 0 Å². The van der Waals surface area contributed by atoms with Crippen LogP contribution in [0.2, 0.25) is 0 Å². The molecule has 1 aliphatic rings. The Balaban J connectivity index is 2.51. The normalized spacial score (nSPS) is 30.2. The molecule has 1 unspecified atom stereocenters. The molecule has 0 N–H and O–H groups in total. The summed E-state index contributed by atoms with van der Waals surface area (Å²) in [5.41, 5.74) is 0. The molecule has 1 fully saturated rings. The van der Waals surface area contributed by atoms with E-state index >= 15 is 0 Å². The van der Waals surface area contributed by atoms with Gasteiger partial charge in [-0.25, -0.2) is 8.42 Å². The monoisotopic (exact) mass is 178 g/mol. The fourth-order valence-electron chi connectivity index (χ4n) is 1.19. The lowest BCUT2D eigenvalue weighted by Crippen LogP contribution is -2.04. The van der Waals surface area contributed by atoms with E-state index in [9.17, 15) is 8.42 Å². The van der Waals surface area contributed by atoms with Gasteiger partial charge in [-0.1, -0.05) is 12.2 Å². The highest BCUT2D eigenvalue weighted by Gasteiger charge is 2.26. The SMILES string of the molecule is O=S1(=O)CCC(CC=S)C1. The average molecular weight is 178 g/mol. The van der Waals surface area contributed by atoms with Crippen molar-refractivity contribution in [2.24, 2.45) is 5.92 Å². The van der Waals surface area contributed by atoms with Crippen molar-refractivity contribution in [1.29, 1.82) is 0 Å². The summed E-state index contributed by atoms with van der Waals surface area (Å²) in [5.74, 6) is 1.02. The summed E-state index contributed by atoms with van der Waals surface area (Å²) in [4.78, 5) is 0. The highest BCUT2D eigenvalue weighted by molar-refractivity contribution is 7.91. The average Bonchev–Trinajstić information content (AvgIpc) is 2.12. The van der Waals surface area contributed by atoms with Gasteiger partial charge in [0.15, 0.2) is 9.84 Å². The van der Waals surface area contributed by atoms with Gasteiger partial charge in [-0.3, -0.25) is 0 Å². The highest BCUT2D eigenvalue weighted by atomic mass is 32.2. The van der Waals surface area contributed by atoms with Gasteiger partial charge in [0.1, 0.15) is 0 Å². The molecule has 0 aromatic carbocycles. The molecular formula is C6H10O2S2. The molecule has 58 valence electrons. The zero-order valence-electron chi connectivity index (χ0n) is 5.62. The fourth-order valence-corrected chi connectivity index (χ4v) is 3.35. The van der Waals surface area contributed by atoms with Crippen molar-refractivity contribution >= 4 is 27.4 Å². The lowest BCUT2D eigenvalue weighted by molar-refractivity contribution is 0.596. The number of hydrogen-bond donors (Lipinski definition) is 0. The predicted octanol–water partition coefficient (Wildman–Crippen LogP) is 0.811. The molecule has 2 nitrogen and oxygen atoms in total. The van der Waals surface area contributed by atoms with Crippen LogP contribution in [0.1, 0.15) is 12.8 Å². The molecule has 1 aliphatic heterocycles. The molecule has 0 radical (unpaired) electrons. The van der Waals surface area contributed by atoms with Gasteiger partial charge in [-0.05, 0) is 24.1 Å². The highest BCUT2D eigenvalue weighted by Crippen LogP contribution is 2.20. The van der Waals surface area contributed by atoms with Crippen LogP contribution in [0.25, 0.3) is 0 Å². The fraction of sp³-hybridized carbons (Fsp3) is 0.833. The van der Waals surface area contributed by atoms with E-state index in [1.165, 1.54) is 0 Å². The van der Waals surface area contributed by atoms with Gasteiger partial charge < -0.3 is 0 Å². The second-order valence-corrected chi connectivity index (χ2v) is 5.23. The quantitative estimate of drug-likeness (QED) is 0.587. The molecular weight excluding hydrogens is 168 g/mol. The van der Waals surface area contributed by atoms with E-state index in [2.05, 4.69) is 12.2 Å². The van der Waals surface area contributed by atoms with Gasteiger partial charge in [-0.15, -0.1) is 0 Å². The van der Waals surface area contributed by atoms with Crippen LogP contribution < -0.4 is 0 Å². The molecule has 1 saturated heterocycles. The third-order valence-corrected chi connectivity index (χ3v) is 3.79. The van der Waals surface area contributed by atoms with Crippen LogP contribution in [0.5, 0.6) is 0 Å². The standard InChI is InChI=1S/C6H10O2S2/c7-10(8)4-2-6(5-10)1-3-9/h3,6H,1-2,4-5H2. The second-order valence-electron chi connectivity index (χ2n) is 2.67. The van der Waals surface area contributed by atoms with Crippen LogP contribution in [0.15, 0.2) is 0 Å². The molecule has 4 heteroatoms. The van der Waals surface area contributed by atoms with E-state index in [-0.39, 0.29) is 0 Å². The lowest BCUT2D eigenvalue weighted by atomic mass is 10.1. The number of sulfone groups is 1. The molecule has 0 bridgehead atoms. The minimum atomic E-state index is -2.68. The first-order valence-corrected chi connectivity index (χ1v) is 5.57. The summed E-state index contributed by atoms with van der Waals surface area (Å²) >= 11 is 4.64. The Kier molecular flexibility index (Phi) is 2.41. The molecule has 1 atom stereocenters. The van der Waals surface area contributed by atoms with E-state index in [4.69, 9.17) is 0 Å². The zero-order valence-corrected chi connectivity index (χ0v) is 7.25. The van der Waals surface area contributed by atoms with Crippen LogP contribution in [-0.4, -0.2) is 25.3 Å². The van der Waals surface area contributed by atoms with Crippen LogP contribution in [0.4, 0.5) is 0 Å². The Labute approximate surface area is 66.5 Å². The third kappa shape index (κ3) is 2.02. The third-order valence-electron chi connectivity index (χ3n) is 1.76. The number of rotatable bonds is 2. The van der Waals surface area contributed by atoms with Gasteiger partial charge in [0.25, 0.3) is 0 Å². The van der Waals surface area contributed by atoms with Crippen molar-refractivity contribution in [3.05, 3.63) is 0 Å². The summed E-state index contributed by atoms with van der Waals surface area (Å²) in [6.45, 7) is 0. The molecule has 0 aromatic heterocycles. The molecule has 1 rings (SSSR count). The van der Waals surface area contributed by atoms with Gasteiger partial charge >= 0.3 is 0 Å². The summed E-state index contributed by atoms with van der Waals surface area (Å²) in [6, 6.07) is 0. The van der Waals surface area contributed by atoms with Gasteiger partial charge in [-0.2, -0.15) is 0 Å². The van der Waals surface area contributed by atoms with Crippen LogP contribution >= 0.6 is 12.2 Å². The van der Waals surface area contributed by atoms with Crippen molar-refractivity contribution in [1.82, 2.24) is 0 Å². The molecule has 0 saturated carbocycles. The molecule has 0 aromatic rings. The van der Waals surface area contributed by atoms with Crippen LogP contribution in [0, 0.1) is 5.92 Å². The van der Waals surface area contributed by atoms with Crippen molar-refractivity contribution in [3.8, 4) is 0 Å². The van der Waals surface area contributed by atoms with Crippen LogP contribution in [0.3, 0.4) is 0 Å². The Morgan fingerprint density at radius 1 is 1.60 bits per heavy atom. The van der Waals surface area contributed by atoms with E-state index in [1.54, 1.807) is 5.37 Å². The minimum absolute atomic E-state index is 0.308. The summed E-state index contributed by atoms with van der Waals surface area (Å²) in [7, 11) is -2.68. The van der Waals surface area contributed by atoms with Crippen molar-refractivity contribution < 1.29 is 8.42 Å². The Bertz CT molecular complexity index is 218. The minimum Gasteiger partial charge on any atom is -0.229 e. The van der Waals surface area contributed by atoms with Gasteiger partial charge in [0.2, 0.25) is 0 Å². The first kappa shape index (κ1) is 8.14. The summed E-state index contributed by atoms with van der Waals surface area (Å²) < 4.78 is 21.7. The van der Waals surface area contributed by atoms with Crippen LogP contribution in [-0.2, 0) is 9.84 Å². The summed E-state index contributed by atoms with van der Waals surface area (Å²) in [5, 5.41) is 1.63. The maximum Gasteiger partial charge on any atom is 0.150 e. The van der Waals surface area contributed by atoms with Crippen molar-refractivity contribution in [2.45, 2.75) is 12.8 Å². The zero-order chi connectivity index (χ0) is 7.61. The number of thiocarbonyl (C=S) groups is 1. The Morgan fingerprint density at radius 2 is 2.30 bits per heavy atom. The van der Waals surface area contributed by atoms with E-state index in [0.717, 1.165) is 12.8 Å². The predicted molar refractivity (Wildman–Crippen MR) is 45.0 cm³/mol. The Morgan fingerprint density at radius 3 is 2.70 bits per heavy atom. The van der Waals surface area contributed by atoms with Gasteiger partial charge in [0.05, 0.1) is 11.5 Å². The van der Waals surface area contributed by atoms with Crippen molar-refractivity contribution in [3.63, 3.8) is 0 Å². The van der Waals surface area contributed by atoms with Crippen molar-refractivity contribution in [2.75, 3.05) is 11.5 Å². The molecule has 0 amide bonds. The first-order chi connectivity index (χ1) is 4.64. The molecule has 0 spiro atoms. The lowest BCUT2D eigenvalue weighted by Gasteiger charge is -1.98. The van der Waals surface area contributed by atoms with E-state index < -0.39 is 9.84 Å². The summed E-state index contributed by atoms with van der Waals surface area (Å²) in [6.07, 6.45) is 1.57. The topological polar surface area (TPSA) is 34.1 Å². The van der Waals surface area contributed by atoms with E-state index in [0.29, 0.717) is 17.4 Å².